The third-order valence-corrected chi connectivity index (χ3v) is 6.71. The van der Waals surface area contributed by atoms with Gasteiger partial charge in [0, 0.05) is 24.7 Å². The Bertz CT molecular complexity index is 843. The fraction of sp³-hybridized carbons (Fsp3) is 0.545. The molecule has 2 heterocycles. The minimum atomic E-state index is -0.549. The standard InChI is InChI=1S/C22H26N2O4/c25-20-9-11-22(10-3-6-19(22)24(20)16-4-1-2-5-16)21(26)23-13-15-7-8-17-18(12-15)28-14-27-17/h6-8,12,16H,1-5,9-11,13-14H2,(H,23,26). The van der Waals surface area contributed by atoms with Gasteiger partial charge in [0.2, 0.25) is 18.6 Å². The van der Waals surface area contributed by atoms with E-state index in [1.54, 1.807) is 0 Å². The summed E-state index contributed by atoms with van der Waals surface area (Å²) in [6.45, 7) is 0.690. The molecule has 0 radical (unpaired) electrons. The van der Waals surface area contributed by atoms with Crippen LogP contribution in [0, 0.1) is 5.41 Å². The predicted octanol–water partition coefficient (Wildman–Crippen LogP) is 3.26. The quantitative estimate of drug-likeness (QED) is 0.868. The van der Waals surface area contributed by atoms with Gasteiger partial charge in [0.15, 0.2) is 11.5 Å². The SMILES string of the molecule is O=C1CCC2(C(=O)NCc3ccc4c(c3)OCO4)CCC=C2N1C1CCCC1. The Hall–Kier alpha value is -2.50. The fourth-order valence-corrected chi connectivity index (χ4v) is 5.24. The van der Waals surface area contributed by atoms with Gasteiger partial charge in [-0.25, -0.2) is 0 Å². The van der Waals surface area contributed by atoms with E-state index in [-0.39, 0.29) is 24.6 Å². The van der Waals surface area contributed by atoms with Gasteiger partial charge < -0.3 is 19.7 Å². The van der Waals surface area contributed by atoms with Crippen LogP contribution in [-0.4, -0.2) is 29.5 Å². The number of rotatable bonds is 4. The molecule has 1 saturated heterocycles. The molecule has 0 bridgehead atoms. The van der Waals surface area contributed by atoms with E-state index in [2.05, 4.69) is 11.4 Å². The van der Waals surface area contributed by atoms with Crippen molar-refractivity contribution in [1.82, 2.24) is 10.2 Å². The molecule has 148 valence electrons. The maximum atomic E-state index is 13.3. The van der Waals surface area contributed by atoms with Gasteiger partial charge in [-0.3, -0.25) is 9.59 Å². The number of nitrogens with zero attached hydrogens (tertiary/aromatic N) is 1. The summed E-state index contributed by atoms with van der Waals surface area (Å²) in [5.74, 6) is 1.71. The van der Waals surface area contributed by atoms with Crippen LogP contribution in [0.5, 0.6) is 11.5 Å². The molecule has 1 saturated carbocycles. The van der Waals surface area contributed by atoms with Gasteiger partial charge >= 0.3 is 0 Å². The Morgan fingerprint density at radius 3 is 2.86 bits per heavy atom. The van der Waals surface area contributed by atoms with Crippen molar-refractivity contribution in [2.75, 3.05) is 6.79 Å². The highest BCUT2D eigenvalue weighted by Crippen LogP contribution is 2.50. The van der Waals surface area contributed by atoms with Crippen LogP contribution in [0.3, 0.4) is 0 Å². The molecule has 6 heteroatoms. The number of hydrogen-bond acceptors (Lipinski definition) is 4. The van der Waals surface area contributed by atoms with E-state index >= 15 is 0 Å². The van der Waals surface area contributed by atoms with Crippen LogP contribution in [0.25, 0.3) is 0 Å². The van der Waals surface area contributed by atoms with Gasteiger partial charge in [-0.1, -0.05) is 25.0 Å². The number of ether oxygens (including phenoxy) is 2. The maximum Gasteiger partial charge on any atom is 0.232 e. The number of benzene rings is 1. The number of likely N-dealkylation sites (tertiary alicyclic amines) is 1. The van der Waals surface area contributed by atoms with Crippen LogP contribution in [0.2, 0.25) is 0 Å². The number of nitrogens with one attached hydrogen (secondary N) is 1. The molecule has 2 aliphatic heterocycles. The van der Waals surface area contributed by atoms with Crippen molar-refractivity contribution in [2.45, 2.75) is 64.0 Å². The molecular weight excluding hydrogens is 356 g/mol. The minimum Gasteiger partial charge on any atom is -0.454 e. The second-order valence-electron chi connectivity index (χ2n) is 8.28. The highest BCUT2D eigenvalue weighted by molar-refractivity contribution is 5.91. The van der Waals surface area contributed by atoms with Crippen LogP contribution < -0.4 is 14.8 Å². The highest BCUT2D eigenvalue weighted by atomic mass is 16.7. The van der Waals surface area contributed by atoms with Gasteiger partial charge in [0.25, 0.3) is 0 Å². The second-order valence-corrected chi connectivity index (χ2v) is 8.28. The van der Waals surface area contributed by atoms with Crippen molar-refractivity contribution >= 4 is 11.8 Å². The van der Waals surface area contributed by atoms with Crippen LogP contribution in [-0.2, 0) is 16.1 Å². The fourth-order valence-electron chi connectivity index (χ4n) is 5.24. The zero-order valence-electron chi connectivity index (χ0n) is 16.0. The number of piperidine rings is 1. The number of amides is 2. The largest absolute Gasteiger partial charge is 0.454 e. The van der Waals surface area contributed by atoms with E-state index in [4.69, 9.17) is 9.47 Å². The van der Waals surface area contributed by atoms with Crippen molar-refractivity contribution < 1.29 is 19.1 Å². The number of hydrogen-bond donors (Lipinski definition) is 1. The molecule has 0 spiro atoms. The molecule has 2 aliphatic carbocycles. The summed E-state index contributed by atoms with van der Waals surface area (Å²) in [5.41, 5.74) is 1.41. The molecule has 5 rings (SSSR count). The van der Waals surface area contributed by atoms with E-state index in [9.17, 15) is 9.59 Å². The first kappa shape index (κ1) is 17.6. The average molecular weight is 382 g/mol. The van der Waals surface area contributed by atoms with Crippen LogP contribution in [0.15, 0.2) is 30.0 Å². The van der Waals surface area contributed by atoms with Crippen molar-refractivity contribution in [1.29, 1.82) is 0 Å². The Balaban J connectivity index is 1.33. The normalized spacial score (nSPS) is 26.4. The van der Waals surface area contributed by atoms with Crippen LogP contribution in [0.4, 0.5) is 0 Å². The highest BCUT2D eigenvalue weighted by Gasteiger charge is 2.52. The zero-order valence-corrected chi connectivity index (χ0v) is 16.0. The Morgan fingerprint density at radius 2 is 2.00 bits per heavy atom. The molecule has 28 heavy (non-hydrogen) atoms. The zero-order chi connectivity index (χ0) is 19.1. The van der Waals surface area contributed by atoms with E-state index in [1.165, 1.54) is 12.8 Å². The lowest BCUT2D eigenvalue weighted by molar-refractivity contribution is -0.141. The van der Waals surface area contributed by atoms with Gasteiger partial charge in [-0.2, -0.15) is 0 Å². The van der Waals surface area contributed by atoms with E-state index in [0.717, 1.165) is 48.4 Å². The lowest BCUT2D eigenvalue weighted by Crippen LogP contribution is -2.52. The molecule has 4 aliphatic rings. The molecule has 0 aromatic heterocycles. The van der Waals surface area contributed by atoms with Gasteiger partial charge in [0.1, 0.15) is 0 Å². The smallest absolute Gasteiger partial charge is 0.232 e. The van der Waals surface area contributed by atoms with Crippen molar-refractivity contribution in [3.63, 3.8) is 0 Å². The summed E-state index contributed by atoms with van der Waals surface area (Å²) in [7, 11) is 0. The van der Waals surface area contributed by atoms with Crippen LogP contribution >= 0.6 is 0 Å². The summed E-state index contributed by atoms with van der Waals surface area (Å²) < 4.78 is 10.8. The minimum absolute atomic E-state index is 0.0458. The molecule has 2 fully saturated rings. The van der Waals surface area contributed by atoms with Gasteiger partial charge in [-0.15, -0.1) is 0 Å². The lowest BCUT2D eigenvalue weighted by atomic mass is 9.75. The molecule has 1 aromatic rings. The molecule has 1 atom stereocenters. The second kappa shape index (κ2) is 6.83. The van der Waals surface area contributed by atoms with Crippen molar-refractivity contribution in [2.24, 2.45) is 5.41 Å². The summed E-state index contributed by atoms with van der Waals surface area (Å²) in [6, 6.07) is 6.02. The summed E-state index contributed by atoms with van der Waals surface area (Å²) in [5, 5.41) is 3.13. The maximum absolute atomic E-state index is 13.3. The third kappa shape index (κ3) is 2.77. The van der Waals surface area contributed by atoms with E-state index in [1.807, 2.05) is 23.1 Å². The number of fused-ring (bicyclic) bond motifs is 2. The van der Waals surface area contributed by atoms with Crippen molar-refractivity contribution in [3.05, 3.63) is 35.5 Å². The topological polar surface area (TPSA) is 67.9 Å². The first-order chi connectivity index (χ1) is 13.7. The van der Waals surface area contributed by atoms with Gasteiger partial charge in [-0.05, 0) is 49.8 Å². The first-order valence-corrected chi connectivity index (χ1v) is 10.4. The molecule has 2 amide bonds. The number of carbonyl (C=O) groups is 2. The molecule has 6 nitrogen and oxygen atoms in total. The molecular formula is C22H26N2O4. The van der Waals surface area contributed by atoms with Crippen LogP contribution in [0.1, 0.15) is 56.9 Å². The molecule has 1 N–H and O–H groups in total. The van der Waals surface area contributed by atoms with E-state index in [0.29, 0.717) is 19.4 Å². The average Bonchev–Trinajstić information content (AvgIpc) is 3.45. The first-order valence-electron chi connectivity index (χ1n) is 10.4. The van der Waals surface area contributed by atoms with Crippen molar-refractivity contribution in [3.8, 4) is 11.5 Å². The Kier molecular flexibility index (Phi) is 4.29. The monoisotopic (exact) mass is 382 g/mol. The Labute approximate surface area is 164 Å². The van der Waals surface area contributed by atoms with E-state index < -0.39 is 5.41 Å². The number of carbonyl (C=O) groups excluding carboxylic acids is 2. The third-order valence-electron chi connectivity index (χ3n) is 6.71. The Morgan fingerprint density at radius 1 is 1.18 bits per heavy atom. The molecule has 1 unspecified atom stereocenters. The van der Waals surface area contributed by atoms with Gasteiger partial charge in [0.05, 0.1) is 5.41 Å². The molecule has 1 aromatic carbocycles. The summed E-state index contributed by atoms with van der Waals surface area (Å²) in [4.78, 5) is 28.0. The lowest BCUT2D eigenvalue weighted by Gasteiger charge is -2.44. The number of allylic oxidation sites excluding steroid dienone is 1. The predicted molar refractivity (Wildman–Crippen MR) is 102 cm³/mol. The summed E-state index contributed by atoms with van der Waals surface area (Å²) in [6.07, 6.45) is 9.33. The summed E-state index contributed by atoms with van der Waals surface area (Å²) >= 11 is 0.